The van der Waals surface area contributed by atoms with Crippen LogP contribution in [0.1, 0.15) is 37.0 Å². The second-order valence-corrected chi connectivity index (χ2v) is 8.30. The average Bonchev–Trinajstić information content (AvgIpc) is 3.22. The molecule has 0 spiro atoms. The number of amides is 2. The summed E-state index contributed by atoms with van der Waals surface area (Å²) >= 11 is 0.980. The second-order valence-electron chi connectivity index (χ2n) is 7.30. The summed E-state index contributed by atoms with van der Waals surface area (Å²) in [6.45, 7) is 4.85. The predicted molar refractivity (Wildman–Crippen MR) is 120 cm³/mol. The lowest BCUT2D eigenvalue weighted by Crippen LogP contribution is -2.28. The largest absolute Gasteiger partial charge is 0.342 e. The summed E-state index contributed by atoms with van der Waals surface area (Å²) < 4.78 is 16.3. The number of fused-ring (bicyclic) bond motifs is 1. The van der Waals surface area contributed by atoms with Crippen LogP contribution in [0.25, 0.3) is 17.0 Å². The van der Waals surface area contributed by atoms with Gasteiger partial charge < -0.3 is 4.57 Å². The molecule has 1 aliphatic heterocycles. The van der Waals surface area contributed by atoms with E-state index in [1.807, 2.05) is 35.9 Å². The van der Waals surface area contributed by atoms with Crippen molar-refractivity contribution in [1.82, 2.24) is 9.47 Å². The maximum atomic E-state index is 14.3. The van der Waals surface area contributed by atoms with Crippen LogP contribution in [0.4, 0.5) is 9.18 Å². The van der Waals surface area contributed by atoms with Gasteiger partial charge in [0.1, 0.15) is 5.82 Å². The fourth-order valence-electron chi connectivity index (χ4n) is 3.86. The number of halogens is 1. The predicted octanol–water partition coefficient (Wildman–Crippen LogP) is 5.84. The van der Waals surface area contributed by atoms with E-state index >= 15 is 0 Å². The molecule has 1 saturated heterocycles. The molecule has 1 aromatic heterocycles. The molecule has 30 heavy (non-hydrogen) atoms. The zero-order valence-corrected chi connectivity index (χ0v) is 17.8. The molecule has 1 fully saturated rings. The van der Waals surface area contributed by atoms with Crippen molar-refractivity contribution in [3.63, 3.8) is 0 Å². The molecule has 0 saturated carbocycles. The van der Waals surface area contributed by atoms with Crippen LogP contribution in [-0.2, 0) is 17.8 Å². The molecule has 0 bridgehead atoms. The van der Waals surface area contributed by atoms with E-state index in [1.165, 1.54) is 11.0 Å². The molecule has 154 valence electrons. The summed E-state index contributed by atoms with van der Waals surface area (Å²) in [5.74, 6) is -0.482. The van der Waals surface area contributed by atoms with Crippen molar-refractivity contribution in [2.75, 3.05) is 6.54 Å². The monoisotopic (exact) mass is 422 g/mol. The summed E-state index contributed by atoms with van der Waals surface area (Å²) in [5, 5.41) is 0.769. The molecule has 0 N–H and O–H groups in total. The van der Waals surface area contributed by atoms with Crippen molar-refractivity contribution in [2.45, 2.75) is 33.2 Å². The smallest absolute Gasteiger partial charge is 0.293 e. The van der Waals surface area contributed by atoms with Crippen LogP contribution in [0.15, 0.2) is 53.6 Å². The van der Waals surface area contributed by atoms with Gasteiger partial charge in [0.25, 0.3) is 11.1 Å². The number of para-hydroxylation sites is 1. The number of imide groups is 1. The van der Waals surface area contributed by atoms with Crippen LogP contribution in [0, 0.1) is 5.82 Å². The quantitative estimate of drug-likeness (QED) is 0.469. The number of carbonyl (C=O) groups is 2. The number of hydrogen-bond donors (Lipinski definition) is 0. The number of aryl methyl sites for hydroxylation is 1. The fraction of sp³-hybridized carbons (Fsp3) is 0.250. The Labute approximate surface area is 179 Å². The molecule has 6 heteroatoms. The Morgan fingerprint density at radius 3 is 2.53 bits per heavy atom. The van der Waals surface area contributed by atoms with E-state index in [0.717, 1.165) is 46.6 Å². The van der Waals surface area contributed by atoms with Crippen molar-refractivity contribution in [1.29, 1.82) is 0 Å². The summed E-state index contributed by atoms with van der Waals surface area (Å²) in [6.07, 6.45) is 5.31. The molecule has 2 heterocycles. The topological polar surface area (TPSA) is 42.3 Å². The van der Waals surface area contributed by atoms with E-state index in [9.17, 15) is 14.0 Å². The molecule has 4 rings (SSSR count). The minimum atomic E-state index is -0.242. The van der Waals surface area contributed by atoms with E-state index in [-0.39, 0.29) is 17.0 Å². The Hall–Kier alpha value is -2.86. The highest BCUT2D eigenvalue weighted by Crippen LogP contribution is 2.35. The van der Waals surface area contributed by atoms with E-state index in [1.54, 1.807) is 18.2 Å². The lowest BCUT2D eigenvalue weighted by molar-refractivity contribution is -0.122. The molecule has 2 amide bonds. The van der Waals surface area contributed by atoms with Crippen molar-refractivity contribution in [2.24, 2.45) is 0 Å². The molecule has 0 radical (unpaired) electrons. The minimum Gasteiger partial charge on any atom is -0.342 e. The number of thioether (sulfide) groups is 1. The van der Waals surface area contributed by atoms with Gasteiger partial charge in [-0.1, -0.05) is 50.2 Å². The van der Waals surface area contributed by atoms with Gasteiger partial charge in [-0.3, -0.25) is 14.5 Å². The summed E-state index contributed by atoms with van der Waals surface area (Å²) in [6, 6.07) is 12.8. The van der Waals surface area contributed by atoms with Gasteiger partial charge in [-0.2, -0.15) is 0 Å². The second kappa shape index (κ2) is 8.48. The maximum absolute atomic E-state index is 14.3. The Morgan fingerprint density at radius 1 is 1.03 bits per heavy atom. The molecular formula is C24H23FN2O2S. The Balaban J connectivity index is 1.81. The molecule has 4 nitrogen and oxygen atoms in total. The van der Waals surface area contributed by atoms with Crippen LogP contribution in [0.3, 0.4) is 0 Å². The van der Waals surface area contributed by atoms with E-state index in [4.69, 9.17) is 0 Å². The average molecular weight is 423 g/mol. The fourth-order valence-corrected chi connectivity index (χ4v) is 4.71. The number of benzene rings is 2. The van der Waals surface area contributed by atoms with Crippen molar-refractivity contribution in [3.05, 3.63) is 76.1 Å². The van der Waals surface area contributed by atoms with Crippen LogP contribution in [-0.4, -0.2) is 27.2 Å². The normalized spacial score (nSPS) is 15.7. The van der Waals surface area contributed by atoms with Gasteiger partial charge in [-0.05, 0) is 42.3 Å². The number of nitrogens with zero attached hydrogens (tertiary/aromatic N) is 2. The van der Waals surface area contributed by atoms with Crippen LogP contribution in [0.5, 0.6) is 0 Å². The van der Waals surface area contributed by atoms with Crippen LogP contribution >= 0.6 is 11.8 Å². The standard InChI is InChI=1S/C24H23FN2O2S/c1-3-12-27-23(28)21(30-24(27)29)13-18-15-26(14-17-8-5-6-11-20(17)25)22-16(4-2)9-7-10-19(18)22/h5-11,13,15H,3-4,12,14H2,1-2H3/b21-13-. The molecule has 2 aromatic carbocycles. The third-order valence-electron chi connectivity index (χ3n) is 5.30. The Bertz CT molecular complexity index is 1170. The zero-order valence-electron chi connectivity index (χ0n) is 17.0. The van der Waals surface area contributed by atoms with Gasteiger partial charge in [0.05, 0.1) is 17.0 Å². The first kappa shape index (κ1) is 20.4. The zero-order chi connectivity index (χ0) is 21.3. The van der Waals surface area contributed by atoms with Gasteiger partial charge in [0.15, 0.2) is 0 Å². The van der Waals surface area contributed by atoms with Gasteiger partial charge in [0.2, 0.25) is 0 Å². The van der Waals surface area contributed by atoms with Gasteiger partial charge in [-0.25, -0.2) is 4.39 Å². The van der Waals surface area contributed by atoms with Crippen LogP contribution in [0.2, 0.25) is 0 Å². The Kier molecular flexibility index (Phi) is 5.77. The highest BCUT2D eigenvalue weighted by atomic mass is 32.2. The van der Waals surface area contributed by atoms with E-state index < -0.39 is 0 Å². The molecule has 3 aromatic rings. The lowest BCUT2D eigenvalue weighted by atomic mass is 10.1. The molecular weight excluding hydrogens is 399 g/mol. The molecule has 0 unspecified atom stereocenters. The summed E-state index contributed by atoms with van der Waals surface area (Å²) in [5.41, 5.74) is 3.65. The van der Waals surface area contributed by atoms with Gasteiger partial charge in [-0.15, -0.1) is 0 Å². The number of hydrogen-bond acceptors (Lipinski definition) is 3. The van der Waals surface area contributed by atoms with Gasteiger partial charge >= 0.3 is 0 Å². The van der Waals surface area contributed by atoms with E-state index in [2.05, 4.69) is 13.0 Å². The first-order chi connectivity index (χ1) is 14.5. The first-order valence-corrected chi connectivity index (χ1v) is 10.9. The number of carbonyl (C=O) groups excluding carboxylic acids is 2. The molecule has 0 aliphatic carbocycles. The molecule has 0 atom stereocenters. The number of aromatic nitrogens is 1. The highest BCUT2D eigenvalue weighted by Gasteiger charge is 2.34. The van der Waals surface area contributed by atoms with Crippen molar-refractivity contribution >= 4 is 39.9 Å². The van der Waals surface area contributed by atoms with E-state index in [0.29, 0.717) is 23.6 Å². The summed E-state index contributed by atoms with van der Waals surface area (Å²) in [4.78, 5) is 26.6. The minimum absolute atomic E-state index is 0.225. The van der Waals surface area contributed by atoms with Gasteiger partial charge in [0, 0.05) is 29.3 Å². The third-order valence-corrected chi connectivity index (χ3v) is 6.21. The highest BCUT2D eigenvalue weighted by molar-refractivity contribution is 8.18. The lowest BCUT2D eigenvalue weighted by Gasteiger charge is -2.09. The third kappa shape index (κ3) is 3.67. The first-order valence-electron chi connectivity index (χ1n) is 10.1. The maximum Gasteiger partial charge on any atom is 0.293 e. The molecule has 1 aliphatic rings. The van der Waals surface area contributed by atoms with Crippen molar-refractivity contribution < 1.29 is 14.0 Å². The SMILES string of the molecule is CCCN1C(=O)S/C(=C\c2cn(Cc3ccccc3F)c3c(CC)cccc23)C1=O. The van der Waals surface area contributed by atoms with Crippen molar-refractivity contribution in [3.8, 4) is 0 Å². The summed E-state index contributed by atoms with van der Waals surface area (Å²) in [7, 11) is 0. The Morgan fingerprint density at radius 2 is 1.80 bits per heavy atom. The van der Waals surface area contributed by atoms with Crippen LogP contribution < -0.4 is 0 Å². The number of rotatable bonds is 6.